The predicted molar refractivity (Wildman–Crippen MR) is 137 cm³/mol. The highest BCUT2D eigenvalue weighted by atomic mass is 16.6. The molecule has 36 heavy (non-hydrogen) atoms. The van der Waals surface area contributed by atoms with Gasteiger partial charge < -0.3 is 14.6 Å². The van der Waals surface area contributed by atoms with Crippen LogP contribution in [0.2, 0.25) is 0 Å². The molecule has 9 heteroatoms. The lowest BCUT2D eigenvalue weighted by atomic mass is 9.96. The number of rotatable bonds is 4. The maximum Gasteiger partial charge on any atom is 0.410 e. The summed E-state index contributed by atoms with van der Waals surface area (Å²) in [6, 6.07) is 10.5. The molecule has 0 radical (unpaired) electrons. The third kappa shape index (κ3) is 5.16. The number of amides is 1. The van der Waals surface area contributed by atoms with Crippen LogP contribution in [-0.2, 0) is 11.3 Å². The molecule has 2 saturated heterocycles. The van der Waals surface area contributed by atoms with Crippen molar-refractivity contribution in [1.82, 2.24) is 29.4 Å². The molecule has 1 aromatic carbocycles. The zero-order chi connectivity index (χ0) is 25.4. The van der Waals surface area contributed by atoms with E-state index in [1.807, 2.05) is 26.8 Å². The van der Waals surface area contributed by atoms with E-state index in [1.165, 1.54) is 5.56 Å². The first-order chi connectivity index (χ1) is 17.2. The standard InChI is InChI=1S/C27H36N6O3/c1-18-15-31(16-19-8-6-5-7-9-19)17-21(18)23-29-25(34)22-14-28-24(33(22)30-23)20-10-12-32(13-11-20)26(35)36-27(2,3)4/h5-9,14,18,20-21H,10-13,15-17H2,1-4H3,(H,29,30,34). The SMILES string of the molecule is CC1CN(Cc2ccccc2)CC1c1nn2c(C3CCN(C(=O)OC(C)(C)C)CC3)ncc2c(=O)[nH]1. The largest absolute Gasteiger partial charge is 0.444 e. The summed E-state index contributed by atoms with van der Waals surface area (Å²) in [5.41, 5.74) is 1.09. The van der Waals surface area contributed by atoms with Crippen LogP contribution < -0.4 is 5.56 Å². The Balaban J connectivity index is 1.32. The Labute approximate surface area is 211 Å². The molecule has 4 heterocycles. The van der Waals surface area contributed by atoms with Crippen LogP contribution >= 0.6 is 0 Å². The van der Waals surface area contributed by atoms with Crippen LogP contribution in [0.5, 0.6) is 0 Å². The molecule has 2 fully saturated rings. The number of aromatic amines is 1. The highest BCUT2D eigenvalue weighted by Gasteiger charge is 2.34. The molecule has 2 aliphatic rings. The Hall–Kier alpha value is -3.20. The zero-order valence-corrected chi connectivity index (χ0v) is 21.6. The van der Waals surface area contributed by atoms with E-state index in [2.05, 4.69) is 46.1 Å². The number of carbonyl (C=O) groups is 1. The van der Waals surface area contributed by atoms with Crippen molar-refractivity contribution in [2.75, 3.05) is 26.2 Å². The van der Waals surface area contributed by atoms with Gasteiger partial charge in [-0.2, -0.15) is 5.10 Å². The number of ether oxygens (including phenoxy) is 1. The van der Waals surface area contributed by atoms with Crippen molar-refractivity contribution in [3.8, 4) is 0 Å². The number of benzene rings is 1. The van der Waals surface area contributed by atoms with E-state index < -0.39 is 5.60 Å². The van der Waals surface area contributed by atoms with Gasteiger partial charge in [-0.1, -0.05) is 37.3 Å². The lowest BCUT2D eigenvalue weighted by Gasteiger charge is -2.32. The molecule has 3 aromatic rings. The van der Waals surface area contributed by atoms with Crippen LogP contribution in [0.4, 0.5) is 4.79 Å². The second kappa shape index (κ2) is 9.69. The molecule has 0 bridgehead atoms. The monoisotopic (exact) mass is 492 g/mol. The van der Waals surface area contributed by atoms with E-state index in [0.717, 1.165) is 44.1 Å². The van der Waals surface area contributed by atoms with Crippen molar-refractivity contribution in [3.05, 3.63) is 64.1 Å². The van der Waals surface area contributed by atoms with Crippen molar-refractivity contribution < 1.29 is 9.53 Å². The summed E-state index contributed by atoms with van der Waals surface area (Å²) in [5, 5.41) is 4.91. The number of imidazole rings is 1. The average molecular weight is 493 g/mol. The molecule has 2 aromatic heterocycles. The van der Waals surface area contributed by atoms with Gasteiger partial charge in [-0.05, 0) is 45.1 Å². The number of nitrogens with zero attached hydrogens (tertiary/aromatic N) is 5. The van der Waals surface area contributed by atoms with Gasteiger partial charge in [-0.15, -0.1) is 0 Å². The number of piperidine rings is 1. The van der Waals surface area contributed by atoms with Crippen LogP contribution in [0.25, 0.3) is 5.52 Å². The summed E-state index contributed by atoms with van der Waals surface area (Å²) in [5.74, 6) is 2.17. The number of likely N-dealkylation sites (tertiary alicyclic amines) is 2. The fourth-order valence-electron chi connectivity index (χ4n) is 5.42. The number of hydrogen-bond acceptors (Lipinski definition) is 6. The maximum atomic E-state index is 13.0. The fourth-order valence-corrected chi connectivity index (χ4v) is 5.42. The van der Waals surface area contributed by atoms with Gasteiger partial charge in [0.25, 0.3) is 5.56 Å². The van der Waals surface area contributed by atoms with Gasteiger partial charge >= 0.3 is 6.09 Å². The molecule has 0 spiro atoms. The van der Waals surface area contributed by atoms with Gasteiger partial charge in [-0.25, -0.2) is 14.3 Å². The Morgan fingerprint density at radius 2 is 1.86 bits per heavy atom. The lowest BCUT2D eigenvalue weighted by molar-refractivity contribution is 0.0203. The van der Waals surface area contributed by atoms with Crippen molar-refractivity contribution >= 4 is 11.6 Å². The van der Waals surface area contributed by atoms with E-state index in [-0.39, 0.29) is 23.5 Å². The van der Waals surface area contributed by atoms with Crippen LogP contribution in [0, 0.1) is 5.92 Å². The van der Waals surface area contributed by atoms with Crippen LogP contribution in [0.15, 0.2) is 41.3 Å². The molecule has 192 valence electrons. The first-order valence-corrected chi connectivity index (χ1v) is 12.9. The van der Waals surface area contributed by atoms with Gasteiger partial charge in [0.1, 0.15) is 17.2 Å². The predicted octanol–water partition coefficient (Wildman–Crippen LogP) is 3.77. The van der Waals surface area contributed by atoms with Crippen LogP contribution in [-0.4, -0.2) is 67.3 Å². The summed E-state index contributed by atoms with van der Waals surface area (Å²) in [7, 11) is 0. The molecule has 0 saturated carbocycles. The normalized spacial score (nSPS) is 21.8. The topological polar surface area (TPSA) is 95.8 Å². The fraction of sp³-hybridized carbons (Fsp3) is 0.556. The second-order valence-corrected chi connectivity index (χ2v) is 11.3. The maximum absolute atomic E-state index is 13.0. The Morgan fingerprint density at radius 3 is 2.56 bits per heavy atom. The first-order valence-electron chi connectivity index (χ1n) is 12.9. The molecule has 5 rings (SSSR count). The summed E-state index contributed by atoms with van der Waals surface area (Å²) >= 11 is 0. The smallest absolute Gasteiger partial charge is 0.410 e. The van der Waals surface area contributed by atoms with E-state index in [0.29, 0.717) is 24.5 Å². The van der Waals surface area contributed by atoms with Crippen molar-refractivity contribution in [1.29, 1.82) is 0 Å². The highest BCUT2D eigenvalue weighted by Crippen LogP contribution is 2.32. The number of fused-ring (bicyclic) bond motifs is 1. The molecule has 1 N–H and O–H groups in total. The quantitative estimate of drug-likeness (QED) is 0.596. The van der Waals surface area contributed by atoms with Crippen molar-refractivity contribution in [3.63, 3.8) is 0 Å². The molecule has 0 aliphatic carbocycles. The molecule has 1 amide bonds. The summed E-state index contributed by atoms with van der Waals surface area (Å²) < 4.78 is 7.27. The molecular formula is C27H36N6O3. The number of nitrogens with one attached hydrogen (secondary N) is 1. The number of hydrogen-bond donors (Lipinski definition) is 1. The van der Waals surface area contributed by atoms with Gasteiger partial charge in [-0.3, -0.25) is 9.69 Å². The van der Waals surface area contributed by atoms with Crippen molar-refractivity contribution in [2.24, 2.45) is 5.92 Å². The summed E-state index contributed by atoms with van der Waals surface area (Å²) in [6.45, 7) is 11.7. The Bertz CT molecular complexity index is 1270. The van der Waals surface area contributed by atoms with E-state index in [1.54, 1.807) is 15.6 Å². The minimum Gasteiger partial charge on any atom is -0.444 e. The second-order valence-electron chi connectivity index (χ2n) is 11.3. The van der Waals surface area contributed by atoms with Crippen LogP contribution in [0.1, 0.15) is 69.6 Å². The van der Waals surface area contributed by atoms with Crippen molar-refractivity contribution in [2.45, 2.75) is 64.5 Å². The van der Waals surface area contributed by atoms with Gasteiger partial charge in [0.2, 0.25) is 0 Å². The molecule has 2 atom stereocenters. The lowest BCUT2D eigenvalue weighted by Crippen LogP contribution is -2.41. The summed E-state index contributed by atoms with van der Waals surface area (Å²) in [4.78, 5) is 37.2. The van der Waals surface area contributed by atoms with E-state index in [4.69, 9.17) is 9.84 Å². The van der Waals surface area contributed by atoms with E-state index >= 15 is 0 Å². The molecule has 9 nitrogen and oxygen atoms in total. The zero-order valence-electron chi connectivity index (χ0n) is 21.6. The first kappa shape index (κ1) is 24.5. The van der Waals surface area contributed by atoms with Gasteiger partial charge in [0.15, 0.2) is 5.52 Å². The molecule has 2 unspecified atom stereocenters. The van der Waals surface area contributed by atoms with Gasteiger partial charge in [0.05, 0.1) is 6.20 Å². The number of aromatic nitrogens is 4. The third-order valence-corrected chi connectivity index (χ3v) is 7.25. The minimum atomic E-state index is -0.511. The summed E-state index contributed by atoms with van der Waals surface area (Å²) in [6.07, 6.45) is 2.85. The van der Waals surface area contributed by atoms with Crippen LogP contribution in [0.3, 0.4) is 0 Å². The average Bonchev–Trinajstić information content (AvgIpc) is 3.42. The molecule has 2 aliphatic heterocycles. The van der Waals surface area contributed by atoms with Gasteiger partial charge in [0, 0.05) is 44.6 Å². The molecular weight excluding hydrogens is 456 g/mol. The minimum absolute atomic E-state index is 0.129. The highest BCUT2D eigenvalue weighted by molar-refractivity contribution is 5.68. The third-order valence-electron chi connectivity index (χ3n) is 7.25. The Morgan fingerprint density at radius 1 is 1.14 bits per heavy atom. The number of H-pyrrole nitrogens is 1. The number of carbonyl (C=O) groups excluding carboxylic acids is 1. The van der Waals surface area contributed by atoms with E-state index in [9.17, 15) is 9.59 Å². The Kier molecular flexibility index (Phi) is 6.59.